The number of nitrogens with one attached hydrogen (secondary N) is 1. The third-order valence-corrected chi connectivity index (χ3v) is 6.23. The topological polar surface area (TPSA) is 73.2 Å². The van der Waals surface area contributed by atoms with E-state index in [4.69, 9.17) is 4.74 Å². The van der Waals surface area contributed by atoms with E-state index in [-0.39, 0.29) is 23.2 Å². The van der Waals surface area contributed by atoms with Gasteiger partial charge in [0.05, 0.1) is 30.5 Å². The summed E-state index contributed by atoms with van der Waals surface area (Å²) in [5.74, 6) is -0.501. The largest absolute Gasteiger partial charge is 0.379 e. The number of Topliss-reactive ketones (excluding diaryl/α,β-unsaturated/α-hetero) is 1. The van der Waals surface area contributed by atoms with Gasteiger partial charge >= 0.3 is 0 Å². The summed E-state index contributed by atoms with van der Waals surface area (Å²) in [7, 11) is 0. The number of fused-ring (bicyclic) bond motifs is 1. The van der Waals surface area contributed by atoms with E-state index in [0.29, 0.717) is 43.3 Å². The lowest BCUT2D eigenvalue weighted by Gasteiger charge is -2.32. The van der Waals surface area contributed by atoms with Crippen LogP contribution in [-0.4, -0.2) is 40.5 Å². The molecule has 2 atom stereocenters. The van der Waals surface area contributed by atoms with Crippen molar-refractivity contribution in [2.75, 3.05) is 13.2 Å². The molecule has 33 heavy (non-hydrogen) atoms. The van der Waals surface area contributed by atoms with Gasteiger partial charge in [-0.05, 0) is 30.9 Å². The van der Waals surface area contributed by atoms with Crippen molar-refractivity contribution in [1.29, 1.82) is 0 Å². The summed E-state index contributed by atoms with van der Waals surface area (Å²) in [6.07, 6.45) is 2.16. The molecule has 6 nitrogen and oxygen atoms in total. The van der Waals surface area contributed by atoms with Crippen LogP contribution in [0.5, 0.6) is 0 Å². The van der Waals surface area contributed by atoms with Gasteiger partial charge in [0, 0.05) is 18.9 Å². The highest BCUT2D eigenvalue weighted by Crippen LogP contribution is 2.29. The molecule has 0 radical (unpaired) electrons. The van der Waals surface area contributed by atoms with E-state index < -0.39 is 17.4 Å². The number of hydrogen-bond donors (Lipinski definition) is 1. The summed E-state index contributed by atoms with van der Waals surface area (Å²) in [5.41, 5.74) is 1.75. The van der Waals surface area contributed by atoms with Gasteiger partial charge in [0.1, 0.15) is 17.3 Å². The van der Waals surface area contributed by atoms with E-state index in [2.05, 4.69) is 10.3 Å². The number of aryl methyl sites for hydroxylation is 1. The second-order valence-corrected chi connectivity index (χ2v) is 10.1. The number of halogens is 1. The van der Waals surface area contributed by atoms with Gasteiger partial charge in [-0.3, -0.25) is 9.59 Å². The van der Waals surface area contributed by atoms with Gasteiger partial charge in [-0.25, -0.2) is 9.37 Å². The van der Waals surface area contributed by atoms with Gasteiger partial charge < -0.3 is 14.6 Å². The van der Waals surface area contributed by atoms with Crippen molar-refractivity contribution < 1.29 is 18.7 Å². The minimum atomic E-state index is -0.648. The zero-order valence-corrected chi connectivity index (χ0v) is 20.6. The molecular weight excluding hydrogens is 421 g/mol. The van der Waals surface area contributed by atoms with Crippen LogP contribution in [0.25, 0.3) is 11.4 Å². The SMILES string of the molecule is CCCC(C)C(=O)[C@@H](NC(=O)c1nc(-c2cc(C)ccc2F)n2c1CCOCC2)C(C)(C)C. The summed E-state index contributed by atoms with van der Waals surface area (Å²) in [5, 5.41) is 2.97. The quantitative estimate of drug-likeness (QED) is 0.653. The average molecular weight is 458 g/mol. The molecule has 0 saturated heterocycles. The highest BCUT2D eigenvalue weighted by atomic mass is 19.1. The zero-order chi connectivity index (χ0) is 24.3. The van der Waals surface area contributed by atoms with Crippen molar-refractivity contribution in [3.05, 3.63) is 41.0 Å². The first-order valence-corrected chi connectivity index (χ1v) is 11.8. The smallest absolute Gasteiger partial charge is 0.272 e. The summed E-state index contributed by atoms with van der Waals surface area (Å²) >= 11 is 0. The maximum Gasteiger partial charge on any atom is 0.272 e. The molecule has 1 aliphatic rings. The van der Waals surface area contributed by atoms with Crippen molar-refractivity contribution in [3.63, 3.8) is 0 Å². The molecule has 1 aliphatic heterocycles. The van der Waals surface area contributed by atoms with Crippen molar-refractivity contribution in [2.24, 2.45) is 11.3 Å². The molecular formula is C26H36FN3O3. The molecule has 0 aliphatic carbocycles. The molecule has 1 unspecified atom stereocenters. The summed E-state index contributed by atoms with van der Waals surface area (Å²) < 4.78 is 22.2. The first kappa shape index (κ1) is 25.1. The summed E-state index contributed by atoms with van der Waals surface area (Å²) in [4.78, 5) is 31.3. The highest BCUT2D eigenvalue weighted by molar-refractivity contribution is 5.98. The average Bonchev–Trinajstić information content (AvgIpc) is 2.93. The number of aromatic nitrogens is 2. The van der Waals surface area contributed by atoms with E-state index in [0.717, 1.165) is 18.4 Å². The van der Waals surface area contributed by atoms with Crippen molar-refractivity contribution in [3.8, 4) is 11.4 Å². The first-order chi connectivity index (χ1) is 15.5. The van der Waals surface area contributed by atoms with Gasteiger partial charge in [0.2, 0.25) is 0 Å². The lowest BCUT2D eigenvalue weighted by molar-refractivity contribution is -0.126. The third kappa shape index (κ3) is 5.52. The van der Waals surface area contributed by atoms with Crippen LogP contribution in [0.3, 0.4) is 0 Å². The van der Waals surface area contributed by atoms with Crippen LogP contribution in [0.4, 0.5) is 4.39 Å². The predicted octanol–water partition coefficient (Wildman–Crippen LogP) is 4.72. The van der Waals surface area contributed by atoms with E-state index in [1.807, 2.05) is 46.1 Å². The van der Waals surface area contributed by atoms with Crippen LogP contribution in [0, 0.1) is 24.1 Å². The Bertz CT molecular complexity index is 1020. The fraction of sp³-hybridized carbons (Fsp3) is 0.577. The maximum atomic E-state index is 14.7. The predicted molar refractivity (Wildman–Crippen MR) is 127 cm³/mol. The number of carbonyl (C=O) groups is 2. The Balaban J connectivity index is 2.03. The van der Waals surface area contributed by atoms with Gasteiger partial charge in [0.25, 0.3) is 5.91 Å². The number of ether oxygens (including phenoxy) is 1. The number of ketones is 1. The third-order valence-electron chi connectivity index (χ3n) is 6.23. The molecule has 0 saturated carbocycles. The Labute approximate surface area is 195 Å². The Kier molecular flexibility index (Phi) is 7.73. The zero-order valence-electron chi connectivity index (χ0n) is 20.6. The second-order valence-electron chi connectivity index (χ2n) is 10.1. The first-order valence-electron chi connectivity index (χ1n) is 11.8. The Morgan fingerprint density at radius 3 is 2.67 bits per heavy atom. The fourth-order valence-electron chi connectivity index (χ4n) is 4.38. The highest BCUT2D eigenvalue weighted by Gasteiger charge is 2.36. The van der Waals surface area contributed by atoms with Gasteiger partial charge in [-0.1, -0.05) is 52.7 Å². The normalized spacial score (nSPS) is 16.0. The molecule has 0 fully saturated rings. The van der Waals surface area contributed by atoms with Crippen LogP contribution in [0.1, 0.15) is 69.2 Å². The fourth-order valence-corrected chi connectivity index (χ4v) is 4.38. The van der Waals surface area contributed by atoms with Gasteiger partial charge in [0.15, 0.2) is 5.78 Å². The van der Waals surface area contributed by atoms with Crippen molar-refractivity contribution >= 4 is 11.7 Å². The molecule has 1 aromatic carbocycles. The standard InChI is InChI=1S/C26H36FN3O3/c1-7-8-17(3)22(31)23(26(4,5)6)29-25(32)21-20-11-13-33-14-12-30(20)24(28-21)18-15-16(2)9-10-19(18)27/h9-10,15,17,23H,7-8,11-14H2,1-6H3,(H,29,32)/t17?,23-/m1/s1. The molecule has 0 spiro atoms. The van der Waals surface area contributed by atoms with Crippen molar-refractivity contribution in [2.45, 2.75) is 73.4 Å². The minimum Gasteiger partial charge on any atom is -0.379 e. The monoisotopic (exact) mass is 457 g/mol. The molecule has 1 amide bonds. The summed E-state index contributed by atoms with van der Waals surface area (Å²) in [6, 6.07) is 4.22. The number of nitrogens with zero attached hydrogens (tertiary/aromatic N) is 2. The molecule has 2 aromatic rings. The molecule has 1 aromatic heterocycles. The van der Waals surface area contributed by atoms with Crippen LogP contribution < -0.4 is 5.32 Å². The maximum absolute atomic E-state index is 14.7. The molecule has 7 heteroatoms. The van der Waals surface area contributed by atoms with E-state index in [1.54, 1.807) is 12.1 Å². The number of benzene rings is 1. The minimum absolute atomic E-state index is 0.0243. The molecule has 1 N–H and O–H groups in total. The summed E-state index contributed by atoms with van der Waals surface area (Å²) in [6.45, 7) is 13.1. The second kappa shape index (κ2) is 10.2. The van der Waals surface area contributed by atoms with Crippen molar-refractivity contribution in [1.82, 2.24) is 14.9 Å². The van der Waals surface area contributed by atoms with E-state index in [9.17, 15) is 14.0 Å². The lowest BCUT2D eigenvalue weighted by Crippen LogP contribution is -2.51. The van der Waals surface area contributed by atoms with Crippen LogP contribution in [0.2, 0.25) is 0 Å². The number of rotatable bonds is 7. The van der Waals surface area contributed by atoms with Gasteiger partial charge in [-0.15, -0.1) is 0 Å². The number of amides is 1. The van der Waals surface area contributed by atoms with E-state index >= 15 is 0 Å². The number of carbonyl (C=O) groups excluding carboxylic acids is 2. The Morgan fingerprint density at radius 1 is 1.27 bits per heavy atom. The Hall–Kier alpha value is -2.54. The Morgan fingerprint density at radius 2 is 2.00 bits per heavy atom. The van der Waals surface area contributed by atoms with Crippen LogP contribution in [-0.2, 0) is 22.5 Å². The van der Waals surface area contributed by atoms with Crippen LogP contribution in [0.15, 0.2) is 18.2 Å². The lowest BCUT2D eigenvalue weighted by atomic mass is 9.79. The molecule has 0 bridgehead atoms. The molecule has 180 valence electrons. The molecule has 2 heterocycles. The number of imidazole rings is 1. The number of hydrogen-bond acceptors (Lipinski definition) is 4. The van der Waals surface area contributed by atoms with Gasteiger partial charge in [-0.2, -0.15) is 0 Å². The van der Waals surface area contributed by atoms with E-state index in [1.165, 1.54) is 6.07 Å². The van der Waals surface area contributed by atoms with Crippen LogP contribution >= 0.6 is 0 Å². The molecule has 3 rings (SSSR count).